The highest BCUT2D eigenvalue weighted by atomic mass is 19.1. The van der Waals surface area contributed by atoms with E-state index >= 15 is 0 Å². The van der Waals surface area contributed by atoms with Crippen LogP contribution in [0.5, 0.6) is 0 Å². The third-order valence-corrected chi connectivity index (χ3v) is 0.257. The molecule has 0 saturated carbocycles. The Bertz CT molecular complexity index is 53.9. The van der Waals surface area contributed by atoms with Crippen molar-refractivity contribution in [2.24, 2.45) is 0 Å². The first kappa shape index (κ1) is 5.34. The van der Waals surface area contributed by atoms with Gasteiger partial charge in [0, 0.05) is 0 Å². The number of hydrogen-bond acceptors (Lipinski definition) is 0. The maximum absolute atomic E-state index is 10.8. The maximum Gasteiger partial charge on any atom is 0.0867 e. The van der Waals surface area contributed by atoms with E-state index in [9.17, 15) is 8.78 Å². The lowest BCUT2D eigenvalue weighted by atomic mass is 10.6. The predicted molar refractivity (Wildman–Crippen MR) is 20.5 cm³/mol. The molecule has 0 heterocycles. The van der Waals surface area contributed by atoms with Gasteiger partial charge in [0.15, 0.2) is 0 Å². The largest absolute Gasteiger partial charge is 0.216 e. The smallest absolute Gasteiger partial charge is 0.0867 e. The molecule has 0 aliphatic heterocycles. The number of allylic oxidation sites excluding steroid dienone is 2. The highest BCUT2D eigenvalue weighted by Crippen LogP contribution is 1.75. The van der Waals surface area contributed by atoms with Crippen LogP contribution in [0.4, 0.5) is 8.78 Å². The van der Waals surface area contributed by atoms with Crippen molar-refractivity contribution in [3.05, 3.63) is 24.8 Å². The van der Waals surface area contributed by atoms with Crippen molar-refractivity contribution in [2.75, 3.05) is 0 Å². The second kappa shape index (κ2) is 4.34. The lowest BCUT2D eigenvalue weighted by Crippen LogP contribution is -1.36. The molecule has 0 amide bonds. The van der Waals surface area contributed by atoms with Crippen molar-refractivity contribution in [1.29, 1.82) is 0 Å². The van der Waals surface area contributed by atoms with Gasteiger partial charge in [0.2, 0.25) is 0 Å². The van der Waals surface area contributed by atoms with Crippen LogP contribution in [0.2, 0.25) is 0 Å². The minimum absolute atomic E-state index is 0.260. The van der Waals surface area contributed by atoms with Gasteiger partial charge in [0.25, 0.3) is 0 Å². The molecule has 0 aromatic heterocycles. The van der Waals surface area contributed by atoms with Gasteiger partial charge < -0.3 is 0 Å². The number of halogens is 2. The van der Waals surface area contributed by atoms with Crippen LogP contribution < -0.4 is 0 Å². The average Bonchev–Trinajstić information content (AvgIpc) is 1.61. The van der Waals surface area contributed by atoms with Crippen LogP contribution in [0.15, 0.2) is 24.8 Å². The first-order valence-corrected chi connectivity index (χ1v) is 1.44. The first-order chi connectivity index (χ1) is 2.91. The summed E-state index contributed by atoms with van der Waals surface area (Å²) in [5.74, 6) is 0. The number of rotatable bonds is 1. The van der Waals surface area contributed by atoms with Gasteiger partial charge in [0.05, 0.1) is 12.7 Å². The highest BCUT2D eigenvalue weighted by Gasteiger charge is 1.54. The zero-order valence-corrected chi connectivity index (χ0v) is 3.07. The molecule has 0 rings (SSSR count). The fraction of sp³-hybridized carbons (Fsp3) is 0. The molecular weight excluding hydrogens is 86.0 g/mol. The Morgan fingerprint density at radius 1 is 0.833 bits per heavy atom. The molecule has 0 nitrogen and oxygen atoms in total. The van der Waals surface area contributed by atoms with E-state index in [4.69, 9.17) is 0 Å². The molecule has 0 fully saturated rings. The van der Waals surface area contributed by atoms with E-state index in [2.05, 4.69) is 0 Å². The van der Waals surface area contributed by atoms with E-state index in [1.54, 1.807) is 0 Å². The van der Waals surface area contributed by atoms with Gasteiger partial charge >= 0.3 is 0 Å². The molecule has 0 atom stereocenters. The Morgan fingerprint density at radius 3 is 1.33 bits per heavy atom. The normalized spacial score (nSPS) is 11.7. The van der Waals surface area contributed by atoms with E-state index in [0.29, 0.717) is 0 Å². The molecule has 0 aliphatic carbocycles. The quantitative estimate of drug-likeness (QED) is 0.432. The summed E-state index contributed by atoms with van der Waals surface area (Å²) in [6.45, 7) is 0. The summed E-state index contributed by atoms with van der Waals surface area (Å²) in [5, 5.41) is 0. The molecule has 6 heavy (non-hydrogen) atoms. The van der Waals surface area contributed by atoms with Gasteiger partial charge in [-0.1, -0.05) is 0 Å². The molecule has 0 aliphatic rings. The van der Waals surface area contributed by atoms with Crippen LogP contribution >= 0.6 is 0 Å². The minimum atomic E-state index is 0.260. The fourth-order valence-corrected chi connectivity index (χ4v) is 0.0840. The molecule has 0 unspecified atom stereocenters. The molecule has 0 saturated heterocycles. The third kappa shape index (κ3) is 3.34. The van der Waals surface area contributed by atoms with E-state index < -0.39 is 0 Å². The van der Waals surface area contributed by atoms with Crippen molar-refractivity contribution >= 4 is 0 Å². The summed E-state index contributed by atoms with van der Waals surface area (Å²) >= 11 is 0. The molecule has 0 radical (unpaired) electrons. The maximum atomic E-state index is 10.8. The van der Waals surface area contributed by atoms with Crippen molar-refractivity contribution in [2.45, 2.75) is 0 Å². The molecule has 0 aromatic rings. The van der Waals surface area contributed by atoms with Crippen molar-refractivity contribution < 1.29 is 8.78 Å². The Labute approximate surface area is 34.8 Å². The van der Waals surface area contributed by atoms with E-state index in [-0.39, 0.29) is 12.7 Å². The predicted octanol–water partition coefficient (Wildman–Crippen LogP) is 1.95. The molecule has 2 heteroatoms. The second-order valence-corrected chi connectivity index (χ2v) is 0.637. The minimum Gasteiger partial charge on any atom is -0.216 e. The van der Waals surface area contributed by atoms with Gasteiger partial charge in [-0.2, -0.15) is 0 Å². The topological polar surface area (TPSA) is 0 Å². The first-order valence-electron chi connectivity index (χ1n) is 1.44. The van der Waals surface area contributed by atoms with Gasteiger partial charge in [-0.3, -0.25) is 0 Å². The second-order valence-electron chi connectivity index (χ2n) is 0.637. The molecule has 34 valence electrons. The van der Waals surface area contributed by atoms with Crippen LogP contribution in [0.3, 0.4) is 0 Å². The van der Waals surface area contributed by atoms with E-state index in [0.717, 1.165) is 12.2 Å². The summed E-state index contributed by atoms with van der Waals surface area (Å²) in [4.78, 5) is 0. The molecular formula is C4H4F2. The molecule has 0 spiro atoms. The van der Waals surface area contributed by atoms with Gasteiger partial charge in [-0.05, 0) is 12.2 Å². The average molecular weight is 90.1 g/mol. The summed E-state index contributed by atoms with van der Waals surface area (Å²) in [7, 11) is 0. The number of hydrogen-bond donors (Lipinski definition) is 0. The molecule has 0 aromatic carbocycles. The zero-order valence-electron chi connectivity index (χ0n) is 3.07. The van der Waals surface area contributed by atoms with Crippen LogP contribution in [-0.4, -0.2) is 0 Å². The van der Waals surface area contributed by atoms with Crippen molar-refractivity contribution in [3.8, 4) is 0 Å². The van der Waals surface area contributed by atoms with Crippen molar-refractivity contribution in [1.82, 2.24) is 0 Å². The standard InChI is InChI=1S/C4H4F2/c5-3-1-2-4-6/h1-4H/b3-1-,4-2+. The third-order valence-electron chi connectivity index (χ3n) is 0.257. The highest BCUT2D eigenvalue weighted by molar-refractivity contribution is 4.94. The summed E-state index contributed by atoms with van der Waals surface area (Å²) in [6.07, 6.45) is 2.44. The van der Waals surface area contributed by atoms with E-state index in [1.807, 2.05) is 0 Å². The Hall–Kier alpha value is -0.660. The van der Waals surface area contributed by atoms with Crippen LogP contribution in [0.1, 0.15) is 0 Å². The molecule has 0 bridgehead atoms. The van der Waals surface area contributed by atoms with Gasteiger partial charge in [0.1, 0.15) is 0 Å². The monoisotopic (exact) mass is 90.0 g/mol. The van der Waals surface area contributed by atoms with Crippen LogP contribution in [0, 0.1) is 0 Å². The van der Waals surface area contributed by atoms with Crippen LogP contribution in [-0.2, 0) is 0 Å². The van der Waals surface area contributed by atoms with Crippen molar-refractivity contribution in [3.63, 3.8) is 0 Å². The Kier molecular flexibility index (Phi) is 3.86. The Morgan fingerprint density at radius 2 is 1.17 bits per heavy atom. The Balaban J connectivity index is 3.07. The lowest BCUT2D eigenvalue weighted by molar-refractivity contribution is 0.712. The van der Waals surface area contributed by atoms with Gasteiger partial charge in [-0.25, -0.2) is 8.78 Å². The SMILES string of the molecule is F/C=C\C=C\F. The summed E-state index contributed by atoms with van der Waals surface area (Å²) in [5.41, 5.74) is 0. The molecule has 0 N–H and O–H groups in total. The zero-order chi connectivity index (χ0) is 4.83. The van der Waals surface area contributed by atoms with Gasteiger partial charge in [-0.15, -0.1) is 0 Å². The van der Waals surface area contributed by atoms with E-state index in [1.165, 1.54) is 0 Å². The summed E-state index contributed by atoms with van der Waals surface area (Å²) < 4.78 is 21.6. The lowest BCUT2D eigenvalue weighted by Gasteiger charge is -1.57. The fourth-order valence-electron chi connectivity index (χ4n) is 0.0840. The summed E-state index contributed by atoms with van der Waals surface area (Å²) in [6, 6.07) is 0. The van der Waals surface area contributed by atoms with Crippen LogP contribution in [0.25, 0.3) is 0 Å².